The maximum absolute atomic E-state index is 12.8. The van der Waals surface area contributed by atoms with E-state index in [4.69, 9.17) is 9.05 Å². The number of amides is 1. The molecule has 53 heavy (non-hydrogen) atoms. The number of unbranched alkanes of at least 4 members (excludes halogenated alkanes) is 29. The first kappa shape index (κ1) is 52.5. The molecular formula is C44H91N2O6P. The zero-order valence-electron chi connectivity index (χ0n) is 36.0. The Hall–Kier alpha value is -0.500. The Morgan fingerprint density at radius 2 is 0.925 bits per heavy atom. The number of aliphatic hydroxyl groups excluding tert-OH is 1. The Bertz CT molecular complexity index is 839. The molecule has 0 fully saturated rings. The molecule has 0 rings (SSSR count). The van der Waals surface area contributed by atoms with Gasteiger partial charge in [-0.25, -0.2) is 0 Å². The lowest BCUT2D eigenvalue weighted by molar-refractivity contribution is -0.870. The van der Waals surface area contributed by atoms with Crippen molar-refractivity contribution in [2.45, 2.75) is 238 Å². The number of carbonyl (C=O) groups is 1. The van der Waals surface area contributed by atoms with Gasteiger partial charge in [-0.3, -0.25) is 9.36 Å². The Kier molecular flexibility index (Phi) is 36.7. The molecule has 0 aromatic heterocycles. The number of hydrogen-bond donors (Lipinski definition) is 2. The number of nitrogens with one attached hydrogen (secondary N) is 1. The fraction of sp³-hybridized carbons (Fsp3) is 0.977. The zero-order valence-corrected chi connectivity index (χ0v) is 36.9. The number of hydrogen-bond acceptors (Lipinski definition) is 6. The Morgan fingerprint density at radius 3 is 1.28 bits per heavy atom. The first-order valence-electron chi connectivity index (χ1n) is 22.9. The van der Waals surface area contributed by atoms with Crippen molar-refractivity contribution in [1.29, 1.82) is 0 Å². The predicted octanol–water partition coefficient (Wildman–Crippen LogP) is 12.0. The maximum Gasteiger partial charge on any atom is 0.268 e. The molecular weight excluding hydrogens is 683 g/mol. The van der Waals surface area contributed by atoms with Crippen LogP contribution in [0.5, 0.6) is 0 Å². The number of likely N-dealkylation sites (N-methyl/N-ethyl adjacent to an activating group) is 1. The average molecular weight is 775 g/mol. The second-order valence-corrected chi connectivity index (χ2v) is 18.5. The van der Waals surface area contributed by atoms with Crippen LogP contribution < -0.4 is 10.2 Å². The summed E-state index contributed by atoms with van der Waals surface area (Å²) in [6.45, 7) is 4.72. The number of phosphoric acid groups is 1. The Labute approximate surface area is 329 Å². The molecule has 0 aliphatic rings. The predicted molar refractivity (Wildman–Crippen MR) is 224 cm³/mol. The number of nitrogens with zero attached hydrogens (tertiary/aromatic N) is 1. The van der Waals surface area contributed by atoms with Crippen molar-refractivity contribution in [3.63, 3.8) is 0 Å². The summed E-state index contributed by atoms with van der Waals surface area (Å²) >= 11 is 0. The molecule has 2 N–H and O–H groups in total. The van der Waals surface area contributed by atoms with Crippen LogP contribution in [0.1, 0.15) is 226 Å². The number of carbonyl (C=O) groups excluding carboxylic acids is 1. The highest BCUT2D eigenvalue weighted by molar-refractivity contribution is 7.45. The van der Waals surface area contributed by atoms with Gasteiger partial charge in [0.15, 0.2) is 0 Å². The summed E-state index contributed by atoms with van der Waals surface area (Å²) in [6, 6.07) is -0.791. The van der Waals surface area contributed by atoms with Gasteiger partial charge in [-0.1, -0.05) is 206 Å². The molecule has 0 aromatic rings. The minimum atomic E-state index is -4.55. The van der Waals surface area contributed by atoms with Crippen LogP contribution >= 0.6 is 7.82 Å². The van der Waals surface area contributed by atoms with Gasteiger partial charge in [0.25, 0.3) is 7.82 Å². The van der Waals surface area contributed by atoms with E-state index >= 15 is 0 Å². The van der Waals surface area contributed by atoms with Crippen molar-refractivity contribution in [3.8, 4) is 0 Å². The summed E-state index contributed by atoms with van der Waals surface area (Å²) in [6.07, 6.45) is 39.7. The fourth-order valence-electron chi connectivity index (χ4n) is 6.92. The standard InChI is InChI=1S/C44H91N2O6P/c1-6-8-10-12-14-16-18-19-20-21-22-23-24-25-26-27-28-30-32-34-36-38-44(48)45-42(41-52-53(49,50)51-40-39-46(3,4)5)43(47)37-35-33-31-29-17-15-13-11-9-7-2/h42-43,47H,6-41H2,1-5H3,(H-,45,48,49,50). The SMILES string of the molecule is CCCCCCCCCCCCCCCCCCCCCCCC(=O)NC(COP(=O)([O-])OCC[N+](C)(C)C)C(O)CCCCCCCCCCCC. The minimum Gasteiger partial charge on any atom is -0.756 e. The molecule has 1 amide bonds. The highest BCUT2D eigenvalue weighted by Crippen LogP contribution is 2.38. The maximum atomic E-state index is 12.8. The highest BCUT2D eigenvalue weighted by atomic mass is 31.2. The summed E-state index contributed by atoms with van der Waals surface area (Å²) in [5, 5.41) is 13.9. The average Bonchev–Trinajstić information content (AvgIpc) is 3.10. The van der Waals surface area contributed by atoms with E-state index in [0.717, 1.165) is 38.5 Å². The highest BCUT2D eigenvalue weighted by Gasteiger charge is 2.24. The van der Waals surface area contributed by atoms with E-state index in [1.807, 2.05) is 21.1 Å². The molecule has 318 valence electrons. The van der Waals surface area contributed by atoms with E-state index in [2.05, 4.69) is 19.2 Å². The van der Waals surface area contributed by atoms with Crippen molar-refractivity contribution in [2.75, 3.05) is 40.9 Å². The van der Waals surface area contributed by atoms with Gasteiger partial charge in [-0.2, -0.15) is 0 Å². The topological polar surface area (TPSA) is 108 Å². The molecule has 0 heterocycles. The first-order valence-corrected chi connectivity index (χ1v) is 24.3. The third-order valence-corrected chi connectivity index (χ3v) is 11.6. The summed E-state index contributed by atoms with van der Waals surface area (Å²) < 4.78 is 23.2. The summed E-state index contributed by atoms with van der Waals surface area (Å²) in [4.78, 5) is 25.3. The molecule has 3 atom stereocenters. The molecule has 0 bridgehead atoms. The van der Waals surface area contributed by atoms with Crippen molar-refractivity contribution in [2.24, 2.45) is 0 Å². The molecule has 0 radical (unpaired) electrons. The van der Waals surface area contributed by atoms with Gasteiger partial charge in [-0.05, 0) is 12.8 Å². The van der Waals surface area contributed by atoms with E-state index in [9.17, 15) is 19.4 Å². The molecule has 0 spiro atoms. The molecule has 3 unspecified atom stereocenters. The third kappa shape index (κ3) is 39.5. The monoisotopic (exact) mass is 775 g/mol. The largest absolute Gasteiger partial charge is 0.756 e. The molecule has 0 saturated heterocycles. The van der Waals surface area contributed by atoms with Gasteiger partial charge in [0.2, 0.25) is 5.91 Å². The van der Waals surface area contributed by atoms with Gasteiger partial charge >= 0.3 is 0 Å². The lowest BCUT2D eigenvalue weighted by atomic mass is 10.0. The molecule has 0 aliphatic carbocycles. The van der Waals surface area contributed by atoms with Crippen LogP contribution in [0.15, 0.2) is 0 Å². The van der Waals surface area contributed by atoms with E-state index in [1.165, 1.54) is 161 Å². The quantitative estimate of drug-likeness (QED) is 0.0363. The van der Waals surface area contributed by atoms with E-state index in [-0.39, 0.29) is 19.1 Å². The van der Waals surface area contributed by atoms with Gasteiger partial charge in [-0.15, -0.1) is 0 Å². The van der Waals surface area contributed by atoms with Crippen molar-refractivity contribution in [1.82, 2.24) is 5.32 Å². The number of rotatable bonds is 42. The molecule has 0 aromatic carbocycles. The van der Waals surface area contributed by atoms with Crippen molar-refractivity contribution >= 4 is 13.7 Å². The number of quaternary nitrogens is 1. The summed E-state index contributed by atoms with van der Waals surface area (Å²) in [5.41, 5.74) is 0. The molecule has 0 aliphatic heterocycles. The smallest absolute Gasteiger partial charge is 0.268 e. The third-order valence-electron chi connectivity index (χ3n) is 10.6. The molecule has 8 nitrogen and oxygen atoms in total. The van der Waals surface area contributed by atoms with Crippen LogP contribution in [0.4, 0.5) is 0 Å². The van der Waals surface area contributed by atoms with E-state index < -0.39 is 20.0 Å². The molecule has 0 saturated carbocycles. The van der Waals surface area contributed by atoms with Crippen molar-refractivity contribution < 1.29 is 32.9 Å². The Morgan fingerprint density at radius 1 is 0.585 bits per heavy atom. The van der Waals surface area contributed by atoms with Gasteiger partial charge < -0.3 is 28.8 Å². The van der Waals surface area contributed by atoms with E-state index in [1.54, 1.807) is 0 Å². The van der Waals surface area contributed by atoms with Crippen LogP contribution in [0.25, 0.3) is 0 Å². The first-order chi connectivity index (χ1) is 25.5. The van der Waals surface area contributed by atoms with Gasteiger partial charge in [0.1, 0.15) is 13.2 Å². The van der Waals surface area contributed by atoms with Crippen LogP contribution in [0, 0.1) is 0 Å². The number of phosphoric ester groups is 1. The second kappa shape index (κ2) is 37.1. The lowest BCUT2D eigenvalue weighted by Crippen LogP contribution is -2.46. The summed E-state index contributed by atoms with van der Waals surface area (Å²) in [5.74, 6) is -0.162. The zero-order chi connectivity index (χ0) is 39.3. The lowest BCUT2D eigenvalue weighted by Gasteiger charge is -2.30. The van der Waals surface area contributed by atoms with Gasteiger partial charge in [0, 0.05) is 6.42 Å². The van der Waals surface area contributed by atoms with Crippen LogP contribution in [0.3, 0.4) is 0 Å². The Balaban J connectivity index is 4.18. The van der Waals surface area contributed by atoms with Crippen molar-refractivity contribution in [3.05, 3.63) is 0 Å². The van der Waals surface area contributed by atoms with Crippen LogP contribution in [0.2, 0.25) is 0 Å². The van der Waals surface area contributed by atoms with Crippen LogP contribution in [-0.4, -0.2) is 68.5 Å². The number of aliphatic hydroxyl groups is 1. The molecule has 9 heteroatoms. The van der Waals surface area contributed by atoms with E-state index in [0.29, 0.717) is 23.9 Å². The van der Waals surface area contributed by atoms with Gasteiger partial charge in [0.05, 0.1) is 39.9 Å². The van der Waals surface area contributed by atoms with Crippen LogP contribution in [-0.2, 0) is 18.4 Å². The summed E-state index contributed by atoms with van der Waals surface area (Å²) in [7, 11) is 1.32. The second-order valence-electron chi connectivity index (χ2n) is 17.1. The normalized spacial score (nSPS) is 14.3. The fourth-order valence-corrected chi connectivity index (χ4v) is 7.65. The minimum absolute atomic E-state index is 0.0158.